The van der Waals surface area contributed by atoms with Gasteiger partial charge < -0.3 is 10.1 Å². The largest absolute Gasteiger partial charge is 0.494 e. The molecule has 112 valence electrons. The average molecular weight is 312 g/mol. The summed E-state index contributed by atoms with van der Waals surface area (Å²) in [7, 11) is 0. The zero-order chi connectivity index (χ0) is 14.0. The molecule has 0 bridgehead atoms. The lowest BCUT2D eigenvalue weighted by atomic mass is 10.2. The van der Waals surface area contributed by atoms with Gasteiger partial charge in [-0.25, -0.2) is 0 Å². The average Bonchev–Trinajstić information content (AvgIpc) is 2.50. The molecule has 4 heteroatoms. The minimum Gasteiger partial charge on any atom is -0.494 e. The lowest BCUT2D eigenvalue weighted by molar-refractivity contribution is 0.309. The van der Waals surface area contributed by atoms with Crippen molar-refractivity contribution in [1.29, 1.82) is 0 Å². The summed E-state index contributed by atoms with van der Waals surface area (Å²) in [5.41, 5.74) is 1.33. The molecule has 0 amide bonds. The van der Waals surface area contributed by atoms with Crippen LogP contribution in [0.5, 0.6) is 5.75 Å². The Morgan fingerprint density at radius 3 is 2.80 bits per heavy atom. The Morgan fingerprint density at radius 2 is 2.10 bits per heavy atom. The second kappa shape index (κ2) is 9.59. The maximum Gasteiger partial charge on any atom is 0.119 e. The van der Waals surface area contributed by atoms with Gasteiger partial charge in [-0.2, -0.15) is 23.5 Å². The normalized spacial score (nSPS) is 18.9. The Labute approximate surface area is 131 Å². The topological polar surface area (TPSA) is 21.3 Å². The van der Waals surface area contributed by atoms with E-state index in [1.54, 1.807) is 0 Å². The van der Waals surface area contributed by atoms with Gasteiger partial charge in [0.15, 0.2) is 0 Å². The zero-order valence-corrected chi connectivity index (χ0v) is 13.9. The molecule has 1 heterocycles. The Kier molecular flexibility index (Phi) is 7.70. The molecule has 2 nitrogen and oxygen atoms in total. The van der Waals surface area contributed by atoms with Crippen molar-refractivity contribution in [3.63, 3.8) is 0 Å². The fraction of sp³-hybridized carbons (Fsp3) is 0.625. The summed E-state index contributed by atoms with van der Waals surface area (Å²) >= 11 is 4.19. The lowest BCUT2D eigenvalue weighted by Crippen LogP contribution is -2.28. The summed E-state index contributed by atoms with van der Waals surface area (Å²) in [6.45, 7) is 5.08. The van der Waals surface area contributed by atoms with E-state index >= 15 is 0 Å². The van der Waals surface area contributed by atoms with Crippen LogP contribution in [-0.4, -0.2) is 35.7 Å². The second-order valence-corrected chi connectivity index (χ2v) is 7.60. The van der Waals surface area contributed by atoms with Gasteiger partial charge in [0.1, 0.15) is 5.75 Å². The van der Waals surface area contributed by atoms with Crippen LogP contribution in [0.25, 0.3) is 0 Å². The van der Waals surface area contributed by atoms with Crippen LogP contribution in [0, 0.1) is 0 Å². The van der Waals surface area contributed by atoms with E-state index in [0.717, 1.165) is 37.1 Å². The monoisotopic (exact) mass is 311 g/mol. The summed E-state index contributed by atoms with van der Waals surface area (Å²) < 4.78 is 5.67. The fourth-order valence-corrected chi connectivity index (χ4v) is 4.72. The van der Waals surface area contributed by atoms with Gasteiger partial charge in [0.2, 0.25) is 0 Å². The molecule has 1 fully saturated rings. The number of rotatable bonds is 8. The molecule has 1 aliphatic heterocycles. The molecule has 1 unspecified atom stereocenters. The van der Waals surface area contributed by atoms with Crippen molar-refractivity contribution in [3.8, 4) is 5.75 Å². The molecular weight excluding hydrogens is 286 g/mol. The van der Waals surface area contributed by atoms with Crippen LogP contribution in [0.2, 0.25) is 0 Å². The minimum absolute atomic E-state index is 0.783. The van der Waals surface area contributed by atoms with E-state index in [4.69, 9.17) is 4.74 Å². The predicted octanol–water partition coefficient (Wildman–Crippen LogP) is 3.80. The van der Waals surface area contributed by atoms with Gasteiger partial charge >= 0.3 is 0 Å². The Bertz CT molecular complexity index is 363. The van der Waals surface area contributed by atoms with E-state index in [0.29, 0.717) is 0 Å². The molecule has 0 radical (unpaired) electrons. The third-order valence-electron chi connectivity index (χ3n) is 3.28. The Morgan fingerprint density at radius 1 is 1.25 bits per heavy atom. The van der Waals surface area contributed by atoms with Gasteiger partial charge in [0.25, 0.3) is 0 Å². The first-order valence-corrected chi connectivity index (χ1v) is 9.70. The molecule has 1 N–H and O–H groups in total. The summed E-state index contributed by atoms with van der Waals surface area (Å²) in [5, 5.41) is 4.35. The molecule has 2 rings (SSSR count). The van der Waals surface area contributed by atoms with E-state index in [-0.39, 0.29) is 0 Å². The number of unbranched alkanes of at least 4 members (excludes halogenated alkanes) is 1. The lowest BCUT2D eigenvalue weighted by Gasteiger charge is -2.21. The molecule has 1 aromatic rings. The quantitative estimate of drug-likeness (QED) is 0.737. The molecule has 0 spiro atoms. The van der Waals surface area contributed by atoms with Crippen LogP contribution in [-0.2, 0) is 6.54 Å². The SMILES string of the molecule is CCCCOc1ccc(CNCC2CSCCS2)cc1. The first-order chi connectivity index (χ1) is 9.88. The highest BCUT2D eigenvalue weighted by molar-refractivity contribution is 8.06. The number of hydrogen-bond acceptors (Lipinski definition) is 4. The fourth-order valence-electron chi connectivity index (χ4n) is 2.07. The Hall–Kier alpha value is -0.320. The van der Waals surface area contributed by atoms with E-state index < -0.39 is 0 Å². The van der Waals surface area contributed by atoms with Crippen LogP contribution in [0.15, 0.2) is 24.3 Å². The predicted molar refractivity (Wildman–Crippen MR) is 92.1 cm³/mol. The molecule has 1 aromatic carbocycles. The number of benzene rings is 1. The standard InChI is InChI=1S/C16H25NOS2/c1-2-3-8-18-15-6-4-14(5-7-15)11-17-12-16-13-19-9-10-20-16/h4-7,16-17H,2-3,8-13H2,1H3. The molecule has 1 aliphatic rings. The third kappa shape index (κ3) is 5.98. The van der Waals surface area contributed by atoms with Gasteiger partial charge in [0.05, 0.1) is 6.61 Å². The van der Waals surface area contributed by atoms with Crippen LogP contribution in [0.4, 0.5) is 0 Å². The maximum absolute atomic E-state index is 5.67. The van der Waals surface area contributed by atoms with Crippen molar-refractivity contribution >= 4 is 23.5 Å². The van der Waals surface area contributed by atoms with Crippen molar-refractivity contribution < 1.29 is 4.74 Å². The van der Waals surface area contributed by atoms with Crippen LogP contribution >= 0.6 is 23.5 Å². The van der Waals surface area contributed by atoms with Crippen LogP contribution in [0.1, 0.15) is 25.3 Å². The molecule has 0 aliphatic carbocycles. The van der Waals surface area contributed by atoms with Crippen molar-refractivity contribution in [2.75, 3.05) is 30.4 Å². The first-order valence-electron chi connectivity index (χ1n) is 7.50. The summed E-state index contributed by atoms with van der Waals surface area (Å²) in [6, 6.07) is 8.49. The maximum atomic E-state index is 5.67. The molecule has 0 saturated carbocycles. The number of thioether (sulfide) groups is 2. The van der Waals surface area contributed by atoms with Crippen molar-refractivity contribution in [2.45, 2.75) is 31.6 Å². The summed E-state index contributed by atoms with van der Waals surface area (Å²) in [4.78, 5) is 0. The molecule has 0 aromatic heterocycles. The Balaban J connectivity index is 1.65. The van der Waals surface area contributed by atoms with Gasteiger partial charge in [-0.05, 0) is 24.1 Å². The van der Waals surface area contributed by atoms with E-state index in [1.165, 1.54) is 29.2 Å². The van der Waals surface area contributed by atoms with Gasteiger partial charge in [-0.15, -0.1) is 0 Å². The number of ether oxygens (including phenoxy) is 1. The van der Waals surface area contributed by atoms with Crippen molar-refractivity contribution in [3.05, 3.63) is 29.8 Å². The third-order valence-corrected chi connectivity index (χ3v) is 6.12. The highest BCUT2D eigenvalue weighted by atomic mass is 32.2. The number of nitrogens with one attached hydrogen (secondary N) is 1. The molecule has 1 atom stereocenters. The molecule has 1 saturated heterocycles. The summed E-state index contributed by atoms with van der Waals surface area (Å²) in [5.74, 6) is 4.91. The van der Waals surface area contributed by atoms with Gasteiger partial charge in [-0.1, -0.05) is 25.5 Å². The smallest absolute Gasteiger partial charge is 0.119 e. The highest BCUT2D eigenvalue weighted by Crippen LogP contribution is 2.23. The van der Waals surface area contributed by atoms with Gasteiger partial charge in [0, 0.05) is 35.6 Å². The van der Waals surface area contributed by atoms with Crippen molar-refractivity contribution in [1.82, 2.24) is 5.32 Å². The van der Waals surface area contributed by atoms with Crippen LogP contribution < -0.4 is 10.1 Å². The van der Waals surface area contributed by atoms with E-state index in [2.05, 4.69) is 60.0 Å². The van der Waals surface area contributed by atoms with Gasteiger partial charge in [-0.3, -0.25) is 0 Å². The van der Waals surface area contributed by atoms with E-state index in [1.807, 2.05) is 0 Å². The van der Waals surface area contributed by atoms with Crippen LogP contribution in [0.3, 0.4) is 0 Å². The number of hydrogen-bond donors (Lipinski definition) is 1. The van der Waals surface area contributed by atoms with E-state index in [9.17, 15) is 0 Å². The summed E-state index contributed by atoms with van der Waals surface area (Å²) in [6.07, 6.45) is 2.31. The molecule has 20 heavy (non-hydrogen) atoms. The molecular formula is C16H25NOS2. The zero-order valence-electron chi connectivity index (χ0n) is 12.3. The highest BCUT2D eigenvalue weighted by Gasteiger charge is 2.13. The first kappa shape index (κ1) is 16.1. The minimum atomic E-state index is 0.783. The second-order valence-electron chi connectivity index (χ2n) is 5.04. The van der Waals surface area contributed by atoms with Crippen molar-refractivity contribution in [2.24, 2.45) is 0 Å².